The van der Waals surface area contributed by atoms with E-state index in [2.05, 4.69) is 30.4 Å². The van der Waals surface area contributed by atoms with Crippen LogP contribution in [0, 0.1) is 0 Å². The van der Waals surface area contributed by atoms with E-state index >= 15 is 0 Å². The van der Waals surface area contributed by atoms with Gasteiger partial charge in [-0.3, -0.25) is 4.90 Å². The molecule has 1 aromatic carbocycles. The van der Waals surface area contributed by atoms with Crippen LogP contribution in [0.15, 0.2) is 29.2 Å². The van der Waals surface area contributed by atoms with Gasteiger partial charge in [0, 0.05) is 26.2 Å². The first kappa shape index (κ1) is 19.3. The molecular weight excluding hydrogens is 328 g/mol. The Balaban J connectivity index is 1.90. The highest BCUT2D eigenvalue weighted by molar-refractivity contribution is 7.89. The predicted molar refractivity (Wildman–Crippen MR) is 93.6 cm³/mol. The Bertz CT molecular complexity index is 617. The van der Waals surface area contributed by atoms with Crippen LogP contribution in [-0.2, 0) is 20.2 Å². The lowest BCUT2D eigenvalue weighted by molar-refractivity contribution is 0.0158. The number of aliphatic hydroxyl groups excluding tert-OH is 1. The number of nitrogens with zero attached hydrogens (tertiary/aromatic N) is 1. The van der Waals surface area contributed by atoms with Crippen LogP contribution in [0.25, 0.3) is 0 Å². The number of hydrogen-bond acceptors (Lipinski definition) is 5. The van der Waals surface area contributed by atoms with Crippen LogP contribution in [0.5, 0.6) is 0 Å². The second-order valence-electron chi connectivity index (χ2n) is 7.19. The molecule has 7 heteroatoms. The largest absolute Gasteiger partial charge is 0.390 e. The van der Waals surface area contributed by atoms with Crippen LogP contribution in [0.1, 0.15) is 26.3 Å². The zero-order valence-electron chi connectivity index (χ0n) is 14.7. The van der Waals surface area contributed by atoms with Crippen LogP contribution in [-0.4, -0.2) is 63.9 Å². The molecule has 1 saturated heterocycles. The second kappa shape index (κ2) is 7.93. The highest BCUT2D eigenvalue weighted by Gasteiger charge is 2.20. The molecule has 6 nitrogen and oxygen atoms in total. The fraction of sp³-hybridized carbons (Fsp3) is 0.647. The molecule has 0 aliphatic carbocycles. The molecule has 0 amide bonds. The summed E-state index contributed by atoms with van der Waals surface area (Å²) < 4.78 is 32.4. The number of ether oxygens (including phenoxy) is 1. The van der Waals surface area contributed by atoms with Gasteiger partial charge >= 0.3 is 0 Å². The van der Waals surface area contributed by atoms with Crippen molar-refractivity contribution in [3.8, 4) is 0 Å². The standard InChI is InChI=1S/C17H28N2O4S/c1-17(2,3)14-4-6-16(7-5-14)24(21,22)18-12-15(20)13-19-8-10-23-11-9-19/h4-7,15,18,20H,8-13H2,1-3H3. The van der Waals surface area contributed by atoms with E-state index in [1.165, 1.54) is 0 Å². The van der Waals surface area contributed by atoms with Crippen LogP contribution in [0.4, 0.5) is 0 Å². The van der Waals surface area contributed by atoms with E-state index < -0.39 is 16.1 Å². The Morgan fingerprint density at radius 3 is 2.33 bits per heavy atom. The number of morpholine rings is 1. The monoisotopic (exact) mass is 356 g/mol. The van der Waals surface area contributed by atoms with Crippen LogP contribution < -0.4 is 4.72 Å². The second-order valence-corrected chi connectivity index (χ2v) is 8.96. The number of rotatable bonds is 6. The average molecular weight is 356 g/mol. The molecule has 1 heterocycles. The molecule has 0 saturated carbocycles. The van der Waals surface area contributed by atoms with Gasteiger partial charge < -0.3 is 9.84 Å². The summed E-state index contributed by atoms with van der Waals surface area (Å²) in [7, 11) is -3.61. The Labute approximate surface area is 144 Å². The van der Waals surface area contributed by atoms with E-state index in [9.17, 15) is 13.5 Å². The molecule has 1 aromatic rings. The lowest BCUT2D eigenvalue weighted by Crippen LogP contribution is -2.44. The van der Waals surface area contributed by atoms with E-state index in [-0.39, 0.29) is 16.9 Å². The normalized spacial score (nSPS) is 18.5. The van der Waals surface area contributed by atoms with E-state index in [1.54, 1.807) is 12.1 Å². The first-order valence-corrected chi connectivity index (χ1v) is 9.75. The average Bonchev–Trinajstić information content (AvgIpc) is 2.53. The summed E-state index contributed by atoms with van der Waals surface area (Å²) in [5, 5.41) is 10.1. The zero-order valence-corrected chi connectivity index (χ0v) is 15.5. The van der Waals surface area contributed by atoms with Crippen LogP contribution >= 0.6 is 0 Å². The summed E-state index contributed by atoms with van der Waals surface area (Å²) in [5.74, 6) is 0. The van der Waals surface area contributed by atoms with Gasteiger partial charge in [-0.1, -0.05) is 32.9 Å². The molecule has 1 atom stereocenters. The van der Waals surface area contributed by atoms with Gasteiger partial charge in [-0.05, 0) is 23.1 Å². The maximum Gasteiger partial charge on any atom is 0.240 e. The smallest absolute Gasteiger partial charge is 0.240 e. The summed E-state index contributed by atoms with van der Waals surface area (Å²) in [5.41, 5.74) is 1.05. The third kappa shape index (κ3) is 5.53. The molecule has 0 bridgehead atoms. The van der Waals surface area contributed by atoms with Crippen molar-refractivity contribution in [2.24, 2.45) is 0 Å². The van der Waals surface area contributed by atoms with Gasteiger partial charge in [-0.25, -0.2) is 13.1 Å². The minimum Gasteiger partial charge on any atom is -0.390 e. The molecule has 2 N–H and O–H groups in total. The molecule has 0 spiro atoms. The van der Waals surface area contributed by atoms with Crippen molar-refractivity contribution in [2.75, 3.05) is 39.4 Å². The molecular formula is C17H28N2O4S. The summed E-state index contributed by atoms with van der Waals surface area (Å²) in [6.07, 6.45) is -0.744. The van der Waals surface area contributed by atoms with Crippen molar-refractivity contribution in [3.63, 3.8) is 0 Å². The summed E-state index contributed by atoms with van der Waals surface area (Å²) in [4.78, 5) is 2.29. The Morgan fingerprint density at radius 2 is 1.79 bits per heavy atom. The lowest BCUT2D eigenvalue weighted by Gasteiger charge is -2.28. The van der Waals surface area contributed by atoms with E-state index in [0.29, 0.717) is 19.8 Å². The molecule has 1 unspecified atom stereocenters. The molecule has 0 radical (unpaired) electrons. The van der Waals surface area contributed by atoms with Crippen molar-refractivity contribution in [1.29, 1.82) is 0 Å². The van der Waals surface area contributed by atoms with Crippen LogP contribution in [0.2, 0.25) is 0 Å². The molecule has 1 aliphatic heterocycles. The van der Waals surface area contributed by atoms with Gasteiger partial charge in [-0.2, -0.15) is 0 Å². The predicted octanol–water partition coefficient (Wildman–Crippen LogP) is 0.956. The molecule has 0 aromatic heterocycles. The van der Waals surface area contributed by atoms with Gasteiger partial charge in [-0.15, -0.1) is 0 Å². The van der Waals surface area contributed by atoms with Crippen molar-refractivity contribution >= 4 is 10.0 Å². The summed E-state index contributed by atoms with van der Waals surface area (Å²) in [6, 6.07) is 6.88. The minimum atomic E-state index is -3.61. The van der Waals surface area contributed by atoms with Gasteiger partial charge in [0.05, 0.1) is 24.2 Å². The molecule has 1 aliphatic rings. The molecule has 136 valence electrons. The fourth-order valence-corrected chi connectivity index (χ4v) is 3.64. The number of hydrogen-bond donors (Lipinski definition) is 2. The SMILES string of the molecule is CC(C)(C)c1ccc(S(=O)(=O)NCC(O)CN2CCOCC2)cc1. The maximum absolute atomic E-state index is 12.3. The van der Waals surface area contributed by atoms with E-state index in [0.717, 1.165) is 18.7 Å². The van der Waals surface area contributed by atoms with Gasteiger partial charge in [0.1, 0.15) is 0 Å². The highest BCUT2D eigenvalue weighted by Crippen LogP contribution is 2.23. The first-order chi connectivity index (χ1) is 11.2. The highest BCUT2D eigenvalue weighted by atomic mass is 32.2. The first-order valence-electron chi connectivity index (χ1n) is 8.27. The minimum absolute atomic E-state index is 0.000707. The van der Waals surface area contributed by atoms with E-state index in [1.807, 2.05) is 12.1 Å². The number of benzene rings is 1. The van der Waals surface area contributed by atoms with Crippen LogP contribution in [0.3, 0.4) is 0 Å². The number of aliphatic hydroxyl groups is 1. The zero-order chi connectivity index (χ0) is 17.8. The number of β-amino-alcohol motifs (C(OH)–C–C–N with tert-alkyl or cyclic N) is 1. The fourth-order valence-electron chi connectivity index (χ4n) is 2.57. The Kier molecular flexibility index (Phi) is 6.39. The molecule has 24 heavy (non-hydrogen) atoms. The quantitative estimate of drug-likeness (QED) is 0.794. The Hall–Kier alpha value is -0.990. The van der Waals surface area contributed by atoms with E-state index in [4.69, 9.17) is 4.74 Å². The Morgan fingerprint density at radius 1 is 1.21 bits per heavy atom. The molecule has 2 rings (SSSR count). The van der Waals surface area contributed by atoms with Gasteiger partial charge in [0.25, 0.3) is 0 Å². The van der Waals surface area contributed by atoms with Crippen molar-refractivity contribution in [3.05, 3.63) is 29.8 Å². The topological polar surface area (TPSA) is 78.9 Å². The van der Waals surface area contributed by atoms with Crippen molar-refractivity contribution < 1.29 is 18.3 Å². The van der Waals surface area contributed by atoms with Crippen molar-refractivity contribution in [1.82, 2.24) is 9.62 Å². The number of nitrogens with one attached hydrogen (secondary N) is 1. The van der Waals surface area contributed by atoms with Gasteiger partial charge in [0.15, 0.2) is 0 Å². The third-order valence-electron chi connectivity index (χ3n) is 4.11. The maximum atomic E-state index is 12.3. The lowest BCUT2D eigenvalue weighted by atomic mass is 9.87. The van der Waals surface area contributed by atoms with Gasteiger partial charge in [0.2, 0.25) is 10.0 Å². The summed E-state index contributed by atoms with van der Waals surface area (Å²) >= 11 is 0. The van der Waals surface area contributed by atoms with Crippen molar-refractivity contribution in [2.45, 2.75) is 37.2 Å². The molecule has 1 fully saturated rings. The summed E-state index contributed by atoms with van der Waals surface area (Å²) in [6.45, 7) is 9.51. The third-order valence-corrected chi connectivity index (χ3v) is 5.55. The number of sulfonamides is 1.